The second-order valence-electron chi connectivity index (χ2n) is 5.86. The van der Waals surface area contributed by atoms with Crippen molar-refractivity contribution in [3.8, 4) is 11.5 Å². The van der Waals surface area contributed by atoms with Crippen LogP contribution in [-0.4, -0.2) is 22.7 Å². The Hall–Kier alpha value is -2.73. The molecule has 0 saturated carbocycles. The number of rotatable bonds is 3. The molecule has 1 aliphatic heterocycles. The first kappa shape index (κ1) is 15.8. The number of anilines is 1. The van der Waals surface area contributed by atoms with Gasteiger partial charge in [-0.05, 0) is 41.9 Å². The van der Waals surface area contributed by atoms with Gasteiger partial charge in [0.1, 0.15) is 11.3 Å². The Morgan fingerprint density at radius 3 is 2.80 bits per heavy atom. The van der Waals surface area contributed by atoms with E-state index in [4.69, 9.17) is 16.0 Å². The van der Waals surface area contributed by atoms with E-state index in [1.807, 2.05) is 0 Å². The Morgan fingerprint density at radius 2 is 2.08 bits per heavy atom. The molecule has 5 nitrogen and oxygen atoms in total. The van der Waals surface area contributed by atoms with Crippen molar-refractivity contribution in [1.82, 2.24) is 4.98 Å². The first-order valence-corrected chi connectivity index (χ1v) is 8.06. The molecule has 0 spiro atoms. The highest BCUT2D eigenvalue weighted by Crippen LogP contribution is 2.31. The van der Waals surface area contributed by atoms with Gasteiger partial charge in [0.05, 0.1) is 11.5 Å². The number of hydrogen-bond acceptors (Lipinski definition) is 4. The number of halogens is 2. The first-order chi connectivity index (χ1) is 12.0. The third-order valence-corrected chi connectivity index (χ3v) is 4.54. The zero-order valence-corrected chi connectivity index (χ0v) is 13.7. The van der Waals surface area contributed by atoms with Gasteiger partial charge in [-0.15, -0.1) is 0 Å². The fraction of sp³-hybridized carbons (Fsp3) is 0.167. The van der Waals surface area contributed by atoms with Crippen molar-refractivity contribution in [2.45, 2.75) is 6.42 Å². The summed E-state index contributed by atoms with van der Waals surface area (Å²) in [5.41, 5.74) is 1.86. The molecule has 126 valence electrons. The van der Waals surface area contributed by atoms with Crippen LogP contribution < -0.4 is 4.90 Å². The van der Waals surface area contributed by atoms with Crippen molar-refractivity contribution in [2.24, 2.45) is 5.92 Å². The highest BCUT2D eigenvalue weighted by molar-refractivity contribution is 6.64. The second kappa shape index (κ2) is 5.97. The van der Waals surface area contributed by atoms with Crippen molar-refractivity contribution in [2.75, 3.05) is 11.4 Å². The third-order valence-electron chi connectivity index (χ3n) is 4.23. The van der Waals surface area contributed by atoms with E-state index in [1.165, 1.54) is 11.0 Å². The average Bonchev–Trinajstić information content (AvgIpc) is 3.18. The molecule has 0 N–H and O–H groups in total. The van der Waals surface area contributed by atoms with Crippen molar-refractivity contribution >= 4 is 39.5 Å². The fourth-order valence-corrected chi connectivity index (χ4v) is 3.09. The van der Waals surface area contributed by atoms with Gasteiger partial charge in [-0.25, -0.2) is 9.37 Å². The molecule has 2 aromatic carbocycles. The molecule has 0 unspecified atom stereocenters. The van der Waals surface area contributed by atoms with Crippen LogP contribution in [0.25, 0.3) is 22.6 Å². The van der Waals surface area contributed by atoms with Crippen LogP contribution >= 0.6 is 11.6 Å². The fourth-order valence-electron chi connectivity index (χ4n) is 2.94. The summed E-state index contributed by atoms with van der Waals surface area (Å²) in [4.78, 5) is 29.2. The number of hydrogen-bond donors (Lipinski definition) is 0. The van der Waals surface area contributed by atoms with E-state index in [0.717, 1.165) is 0 Å². The lowest BCUT2D eigenvalue weighted by Crippen LogP contribution is -2.25. The number of carbonyl (C=O) groups is 2. The molecule has 0 radical (unpaired) electrons. The number of oxazole rings is 1. The number of carbonyl (C=O) groups excluding carboxylic acids is 2. The molecule has 3 aromatic rings. The topological polar surface area (TPSA) is 63.4 Å². The zero-order valence-electron chi connectivity index (χ0n) is 12.9. The highest BCUT2D eigenvalue weighted by atomic mass is 35.5. The summed E-state index contributed by atoms with van der Waals surface area (Å²) in [7, 11) is 0. The van der Waals surface area contributed by atoms with Gasteiger partial charge in [-0.2, -0.15) is 0 Å². The number of amides is 1. The van der Waals surface area contributed by atoms with E-state index in [9.17, 15) is 14.0 Å². The summed E-state index contributed by atoms with van der Waals surface area (Å²) >= 11 is 5.50. The minimum Gasteiger partial charge on any atom is -0.436 e. The van der Waals surface area contributed by atoms with Gasteiger partial charge in [0, 0.05) is 18.7 Å². The van der Waals surface area contributed by atoms with Crippen molar-refractivity contribution < 1.29 is 18.4 Å². The average molecular weight is 359 g/mol. The smallest absolute Gasteiger partial charge is 0.230 e. The molecule has 25 heavy (non-hydrogen) atoms. The lowest BCUT2D eigenvalue weighted by molar-refractivity contribution is -0.120. The molecule has 7 heteroatoms. The summed E-state index contributed by atoms with van der Waals surface area (Å²) in [6.07, 6.45) is 0.0969. The normalized spacial score (nSPS) is 17.4. The third kappa shape index (κ3) is 2.78. The lowest BCUT2D eigenvalue weighted by atomic mass is 10.1. The van der Waals surface area contributed by atoms with Gasteiger partial charge in [0.2, 0.25) is 17.0 Å². The molecular weight excluding hydrogens is 347 g/mol. The molecule has 1 amide bonds. The molecule has 0 aliphatic carbocycles. The molecule has 1 aliphatic rings. The summed E-state index contributed by atoms with van der Waals surface area (Å²) < 4.78 is 19.5. The molecule has 1 fully saturated rings. The summed E-state index contributed by atoms with van der Waals surface area (Å²) in [5.74, 6) is -0.924. The van der Waals surface area contributed by atoms with Gasteiger partial charge in [0.25, 0.3) is 0 Å². The quantitative estimate of drug-likeness (QED) is 0.669. The van der Waals surface area contributed by atoms with Crippen LogP contribution in [0.5, 0.6) is 0 Å². The van der Waals surface area contributed by atoms with Crippen molar-refractivity contribution in [1.29, 1.82) is 0 Å². The SMILES string of the molecule is O=C(Cl)[C@@H]1CC(=O)N(c2ccc3oc(-c4ccccc4F)nc3c2)C1. The minimum atomic E-state index is -0.514. The van der Waals surface area contributed by atoms with Crippen LogP contribution in [0, 0.1) is 11.7 Å². The van der Waals surface area contributed by atoms with Gasteiger partial charge in [-0.3, -0.25) is 9.59 Å². The van der Waals surface area contributed by atoms with Gasteiger partial charge in [0.15, 0.2) is 5.58 Å². The maximum atomic E-state index is 13.9. The van der Waals surface area contributed by atoms with Crippen LogP contribution in [0.15, 0.2) is 46.9 Å². The van der Waals surface area contributed by atoms with Crippen molar-refractivity contribution in [3.63, 3.8) is 0 Å². The van der Waals surface area contributed by atoms with Crippen LogP contribution in [0.1, 0.15) is 6.42 Å². The van der Waals surface area contributed by atoms with Crippen LogP contribution in [-0.2, 0) is 9.59 Å². The molecule has 4 rings (SSSR count). The Balaban J connectivity index is 1.71. The van der Waals surface area contributed by atoms with E-state index >= 15 is 0 Å². The van der Waals surface area contributed by atoms with E-state index in [1.54, 1.807) is 36.4 Å². The van der Waals surface area contributed by atoms with Gasteiger partial charge >= 0.3 is 0 Å². The van der Waals surface area contributed by atoms with E-state index in [0.29, 0.717) is 16.8 Å². The van der Waals surface area contributed by atoms with Gasteiger partial charge < -0.3 is 9.32 Å². The Morgan fingerprint density at radius 1 is 1.28 bits per heavy atom. The van der Waals surface area contributed by atoms with Gasteiger partial charge in [-0.1, -0.05) is 12.1 Å². The van der Waals surface area contributed by atoms with E-state index in [-0.39, 0.29) is 30.3 Å². The summed E-state index contributed by atoms with van der Waals surface area (Å²) in [6.45, 7) is 0.241. The Bertz CT molecular complexity index is 1000. The van der Waals surface area contributed by atoms with Crippen LogP contribution in [0.2, 0.25) is 0 Å². The van der Waals surface area contributed by atoms with Crippen molar-refractivity contribution in [3.05, 3.63) is 48.3 Å². The molecule has 0 bridgehead atoms. The summed E-state index contributed by atoms with van der Waals surface area (Å²) in [5, 5.41) is -0.514. The lowest BCUT2D eigenvalue weighted by Gasteiger charge is -2.15. The molecular formula is C18H12ClFN2O3. The Kier molecular flexibility index (Phi) is 3.77. The minimum absolute atomic E-state index is 0.0969. The number of fused-ring (bicyclic) bond motifs is 1. The first-order valence-electron chi connectivity index (χ1n) is 7.68. The largest absolute Gasteiger partial charge is 0.436 e. The monoisotopic (exact) mass is 358 g/mol. The molecule has 2 heterocycles. The standard InChI is InChI=1S/C18H12ClFN2O3/c19-17(24)10-7-16(23)22(9-10)11-5-6-15-14(8-11)21-18(25-15)12-3-1-2-4-13(12)20/h1-6,8,10H,7,9H2/t10-/m1/s1. The molecule has 1 saturated heterocycles. The zero-order chi connectivity index (χ0) is 17.6. The van der Waals surface area contributed by atoms with E-state index in [2.05, 4.69) is 4.98 Å². The maximum Gasteiger partial charge on any atom is 0.230 e. The van der Waals surface area contributed by atoms with E-state index < -0.39 is 17.0 Å². The maximum absolute atomic E-state index is 13.9. The highest BCUT2D eigenvalue weighted by Gasteiger charge is 2.34. The summed E-state index contributed by atoms with van der Waals surface area (Å²) in [6, 6.07) is 11.3. The predicted octanol–water partition coefficient (Wildman–Crippen LogP) is 3.75. The molecule has 1 atom stereocenters. The van der Waals surface area contributed by atoms with Crippen LogP contribution in [0.4, 0.5) is 10.1 Å². The predicted molar refractivity (Wildman–Crippen MR) is 90.7 cm³/mol. The molecule has 1 aromatic heterocycles. The number of aromatic nitrogens is 1. The number of benzene rings is 2. The number of nitrogens with zero attached hydrogens (tertiary/aromatic N) is 2. The Labute approximate surface area is 147 Å². The van der Waals surface area contributed by atoms with Crippen LogP contribution in [0.3, 0.4) is 0 Å². The second-order valence-corrected chi connectivity index (χ2v) is 6.23.